The van der Waals surface area contributed by atoms with Gasteiger partial charge in [-0.05, 0) is 24.1 Å². The quantitative estimate of drug-likeness (QED) is 0.826. The number of hydrogen-bond acceptors (Lipinski definition) is 2. The van der Waals surface area contributed by atoms with Crippen LogP contribution >= 0.6 is 0 Å². The molecule has 0 spiro atoms. The van der Waals surface area contributed by atoms with Crippen molar-refractivity contribution in [3.8, 4) is 5.75 Å². The number of nitrogens with two attached hydrogens (primary N) is 1. The topological polar surface area (TPSA) is 35.2 Å². The summed E-state index contributed by atoms with van der Waals surface area (Å²) in [5.41, 5.74) is 6.21. The molecule has 0 aliphatic heterocycles. The van der Waals surface area contributed by atoms with Crippen LogP contribution in [0.5, 0.6) is 5.75 Å². The maximum atomic E-state index is 12.0. The SMILES string of the molecule is N[C@H](CCF)c1cccc(OC(F)F)c1. The summed E-state index contributed by atoms with van der Waals surface area (Å²) in [4.78, 5) is 0. The zero-order valence-corrected chi connectivity index (χ0v) is 8.00. The van der Waals surface area contributed by atoms with Crippen LogP contribution in [0.15, 0.2) is 24.3 Å². The van der Waals surface area contributed by atoms with Gasteiger partial charge in [0.1, 0.15) is 5.75 Å². The van der Waals surface area contributed by atoms with Crippen LogP contribution in [0, 0.1) is 0 Å². The minimum absolute atomic E-state index is 0.0387. The van der Waals surface area contributed by atoms with E-state index in [9.17, 15) is 13.2 Å². The zero-order chi connectivity index (χ0) is 11.3. The standard InChI is InChI=1S/C10H12F3NO/c11-5-4-9(14)7-2-1-3-8(6-7)15-10(12)13/h1-3,6,9-10H,4-5,14H2/t9-/m1/s1. The number of alkyl halides is 3. The van der Waals surface area contributed by atoms with Crippen LogP contribution in [0.1, 0.15) is 18.0 Å². The van der Waals surface area contributed by atoms with Gasteiger partial charge >= 0.3 is 6.61 Å². The van der Waals surface area contributed by atoms with Gasteiger partial charge in [-0.2, -0.15) is 8.78 Å². The van der Waals surface area contributed by atoms with Crippen molar-refractivity contribution in [2.24, 2.45) is 5.73 Å². The summed E-state index contributed by atoms with van der Waals surface area (Å²) in [6.45, 7) is -3.40. The average Bonchev–Trinajstić information content (AvgIpc) is 2.17. The smallest absolute Gasteiger partial charge is 0.387 e. The van der Waals surface area contributed by atoms with E-state index in [-0.39, 0.29) is 12.2 Å². The highest BCUT2D eigenvalue weighted by atomic mass is 19.3. The Morgan fingerprint density at radius 2 is 2.07 bits per heavy atom. The van der Waals surface area contributed by atoms with Crippen molar-refractivity contribution in [3.05, 3.63) is 29.8 Å². The molecular weight excluding hydrogens is 207 g/mol. The lowest BCUT2D eigenvalue weighted by molar-refractivity contribution is -0.0499. The largest absolute Gasteiger partial charge is 0.435 e. The first-order valence-electron chi connectivity index (χ1n) is 4.50. The number of hydrogen-bond donors (Lipinski definition) is 1. The van der Waals surface area contributed by atoms with Crippen molar-refractivity contribution in [1.82, 2.24) is 0 Å². The molecule has 0 heterocycles. The fourth-order valence-electron chi connectivity index (χ4n) is 1.21. The van der Waals surface area contributed by atoms with Gasteiger partial charge in [-0.3, -0.25) is 4.39 Å². The molecule has 1 aromatic rings. The van der Waals surface area contributed by atoms with Gasteiger partial charge in [-0.25, -0.2) is 0 Å². The molecule has 15 heavy (non-hydrogen) atoms. The molecule has 0 bridgehead atoms. The number of rotatable bonds is 5. The summed E-state index contributed by atoms with van der Waals surface area (Å²) >= 11 is 0. The first kappa shape index (κ1) is 11.8. The van der Waals surface area contributed by atoms with E-state index in [1.165, 1.54) is 12.1 Å². The van der Waals surface area contributed by atoms with Crippen molar-refractivity contribution in [3.63, 3.8) is 0 Å². The van der Waals surface area contributed by atoms with Crippen molar-refractivity contribution >= 4 is 0 Å². The van der Waals surface area contributed by atoms with Gasteiger partial charge in [-0.15, -0.1) is 0 Å². The summed E-state index contributed by atoms with van der Waals surface area (Å²) in [7, 11) is 0. The summed E-state index contributed by atoms with van der Waals surface area (Å²) in [5.74, 6) is 0.0387. The molecule has 0 aliphatic carbocycles. The third-order valence-electron chi connectivity index (χ3n) is 1.93. The highest BCUT2D eigenvalue weighted by Gasteiger charge is 2.09. The number of benzene rings is 1. The molecule has 0 radical (unpaired) electrons. The van der Waals surface area contributed by atoms with Gasteiger partial charge in [0.15, 0.2) is 0 Å². The Kier molecular flexibility index (Phi) is 4.42. The van der Waals surface area contributed by atoms with Crippen LogP contribution in [-0.2, 0) is 0 Å². The lowest BCUT2D eigenvalue weighted by Gasteiger charge is -2.11. The maximum absolute atomic E-state index is 12.0. The molecular formula is C10H12F3NO. The van der Waals surface area contributed by atoms with E-state index in [0.29, 0.717) is 5.56 Å². The highest BCUT2D eigenvalue weighted by molar-refractivity contribution is 5.30. The third-order valence-corrected chi connectivity index (χ3v) is 1.93. The summed E-state index contributed by atoms with van der Waals surface area (Å²) < 4.78 is 40.0. The van der Waals surface area contributed by atoms with Crippen molar-refractivity contribution in [2.75, 3.05) is 6.67 Å². The van der Waals surface area contributed by atoms with Crippen LogP contribution in [0.2, 0.25) is 0 Å². The highest BCUT2D eigenvalue weighted by Crippen LogP contribution is 2.21. The minimum atomic E-state index is -2.86. The molecule has 2 nitrogen and oxygen atoms in total. The van der Waals surface area contributed by atoms with Gasteiger partial charge in [0.2, 0.25) is 0 Å². The molecule has 0 aliphatic rings. The summed E-state index contributed by atoms with van der Waals surface area (Å²) in [5, 5.41) is 0. The molecule has 0 unspecified atom stereocenters. The third kappa shape index (κ3) is 3.79. The van der Waals surface area contributed by atoms with E-state index >= 15 is 0 Å². The molecule has 0 saturated heterocycles. The van der Waals surface area contributed by atoms with Gasteiger partial charge < -0.3 is 10.5 Å². The van der Waals surface area contributed by atoms with Crippen LogP contribution in [-0.4, -0.2) is 13.3 Å². The molecule has 84 valence electrons. The maximum Gasteiger partial charge on any atom is 0.387 e. The van der Waals surface area contributed by atoms with Crippen molar-refractivity contribution < 1.29 is 17.9 Å². The monoisotopic (exact) mass is 219 g/mol. The molecule has 0 amide bonds. The van der Waals surface area contributed by atoms with E-state index < -0.39 is 19.3 Å². The second-order valence-electron chi connectivity index (χ2n) is 3.04. The van der Waals surface area contributed by atoms with Crippen LogP contribution < -0.4 is 10.5 Å². The van der Waals surface area contributed by atoms with Gasteiger partial charge in [0.05, 0.1) is 6.67 Å². The first-order chi connectivity index (χ1) is 7.13. The molecule has 0 saturated carbocycles. The normalized spacial score (nSPS) is 12.9. The lowest BCUT2D eigenvalue weighted by Crippen LogP contribution is -2.11. The van der Waals surface area contributed by atoms with E-state index in [4.69, 9.17) is 5.73 Å². The van der Waals surface area contributed by atoms with Gasteiger partial charge in [0.25, 0.3) is 0 Å². The molecule has 2 N–H and O–H groups in total. The molecule has 1 atom stereocenters. The van der Waals surface area contributed by atoms with E-state index in [1.807, 2.05) is 0 Å². The Bertz CT molecular complexity index is 306. The Hall–Kier alpha value is -1.23. The average molecular weight is 219 g/mol. The number of halogens is 3. The predicted octanol–water partition coefficient (Wildman–Crippen LogP) is 2.65. The number of ether oxygens (including phenoxy) is 1. The summed E-state index contributed by atoms with van der Waals surface area (Å²) in [6, 6.07) is 5.50. The molecule has 0 aromatic heterocycles. The van der Waals surface area contributed by atoms with Crippen LogP contribution in [0.25, 0.3) is 0 Å². The van der Waals surface area contributed by atoms with E-state index in [1.54, 1.807) is 12.1 Å². The van der Waals surface area contributed by atoms with Gasteiger partial charge in [-0.1, -0.05) is 12.1 Å². The molecule has 1 aromatic carbocycles. The van der Waals surface area contributed by atoms with E-state index in [0.717, 1.165) is 0 Å². The zero-order valence-electron chi connectivity index (χ0n) is 8.00. The lowest BCUT2D eigenvalue weighted by atomic mass is 10.1. The second kappa shape index (κ2) is 5.60. The molecule has 5 heteroatoms. The van der Waals surface area contributed by atoms with Crippen LogP contribution in [0.4, 0.5) is 13.2 Å². The van der Waals surface area contributed by atoms with Gasteiger partial charge in [0, 0.05) is 6.04 Å². The fourth-order valence-corrected chi connectivity index (χ4v) is 1.21. The summed E-state index contributed by atoms with van der Waals surface area (Å²) in [6.07, 6.45) is 0.165. The van der Waals surface area contributed by atoms with Crippen molar-refractivity contribution in [2.45, 2.75) is 19.1 Å². The van der Waals surface area contributed by atoms with Crippen LogP contribution in [0.3, 0.4) is 0 Å². The van der Waals surface area contributed by atoms with E-state index in [2.05, 4.69) is 4.74 Å². The molecule has 1 rings (SSSR count). The minimum Gasteiger partial charge on any atom is -0.435 e. The second-order valence-corrected chi connectivity index (χ2v) is 3.04. The fraction of sp³-hybridized carbons (Fsp3) is 0.400. The Labute approximate surface area is 85.8 Å². The first-order valence-corrected chi connectivity index (χ1v) is 4.50. The Morgan fingerprint density at radius 3 is 2.67 bits per heavy atom. The van der Waals surface area contributed by atoms with Crippen molar-refractivity contribution in [1.29, 1.82) is 0 Å². The molecule has 0 fully saturated rings. The Balaban J connectivity index is 2.73. The predicted molar refractivity (Wildman–Crippen MR) is 50.6 cm³/mol. The Morgan fingerprint density at radius 1 is 1.33 bits per heavy atom.